The fourth-order valence-electron chi connectivity index (χ4n) is 4.51. The molecule has 9 heteroatoms. The van der Waals surface area contributed by atoms with Crippen LogP contribution in [0, 0.1) is 0 Å². The number of imidazole rings is 1. The number of carbonyl (C=O) groups is 1. The fraction of sp³-hybridized carbons (Fsp3) is 0.231. The van der Waals surface area contributed by atoms with Crippen LogP contribution < -0.4 is 20.6 Å². The lowest BCUT2D eigenvalue weighted by atomic mass is 9.96. The Hall–Kier alpha value is -3.98. The largest absolute Gasteiger partial charge is 0.463 e. The van der Waals surface area contributed by atoms with Gasteiger partial charge in [-0.15, -0.1) is 0 Å². The standard InChI is InChI=1S/C26H24N4O4S/c1-5-34-24(32)21-15(2)27-25-30(22(21)17-9-7-6-8-10-17)23(31)20(35-25)14-16-11-12-18-19(13-16)29(4)26(33)28(18)3/h6-14,22H,5H2,1-4H3/b20-14+/t22-/m0/s1. The van der Waals surface area contributed by atoms with Crippen molar-refractivity contribution in [2.45, 2.75) is 19.9 Å². The summed E-state index contributed by atoms with van der Waals surface area (Å²) in [7, 11) is 3.46. The van der Waals surface area contributed by atoms with Crippen LogP contribution in [0.15, 0.2) is 74.4 Å². The van der Waals surface area contributed by atoms with Crippen LogP contribution in [0.1, 0.15) is 31.0 Å². The molecule has 0 spiro atoms. The van der Waals surface area contributed by atoms with E-state index in [1.807, 2.05) is 48.5 Å². The molecule has 0 bridgehead atoms. The zero-order valence-corrected chi connectivity index (χ0v) is 20.6. The zero-order valence-electron chi connectivity index (χ0n) is 19.8. The molecular weight excluding hydrogens is 464 g/mol. The highest BCUT2D eigenvalue weighted by atomic mass is 32.1. The Morgan fingerprint density at radius 3 is 2.51 bits per heavy atom. The van der Waals surface area contributed by atoms with Gasteiger partial charge in [0, 0.05) is 14.1 Å². The van der Waals surface area contributed by atoms with Crippen molar-refractivity contribution in [3.8, 4) is 0 Å². The number of hydrogen-bond donors (Lipinski definition) is 0. The van der Waals surface area contributed by atoms with Crippen molar-refractivity contribution in [2.24, 2.45) is 19.1 Å². The maximum atomic E-state index is 13.7. The molecule has 4 aromatic rings. The Labute approximate surface area is 204 Å². The van der Waals surface area contributed by atoms with E-state index in [4.69, 9.17) is 4.74 Å². The molecule has 8 nitrogen and oxygen atoms in total. The van der Waals surface area contributed by atoms with Gasteiger partial charge in [-0.25, -0.2) is 14.6 Å². The summed E-state index contributed by atoms with van der Waals surface area (Å²) in [6.45, 7) is 3.75. The molecular formula is C26H24N4O4S. The van der Waals surface area contributed by atoms with E-state index in [2.05, 4.69) is 4.99 Å². The molecule has 0 saturated carbocycles. The van der Waals surface area contributed by atoms with Gasteiger partial charge in [-0.1, -0.05) is 47.7 Å². The summed E-state index contributed by atoms with van der Waals surface area (Å²) in [4.78, 5) is 44.0. The average molecular weight is 489 g/mol. The van der Waals surface area contributed by atoms with E-state index in [9.17, 15) is 14.4 Å². The third kappa shape index (κ3) is 3.68. The first-order chi connectivity index (χ1) is 16.8. The van der Waals surface area contributed by atoms with Crippen LogP contribution in [-0.2, 0) is 23.6 Å². The zero-order chi connectivity index (χ0) is 24.9. The number of hydrogen-bond acceptors (Lipinski definition) is 6. The average Bonchev–Trinajstić information content (AvgIpc) is 3.26. The van der Waals surface area contributed by atoms with Gasteiger partial charge in [-0.05, 0) is 43.2 Å². The molecule has 3 heterocycles. The summed E-state index contributed by atoms with van der Waals surface area (Å²) in [6, 6.07) is 14.4. The van der Waals surface area contributed by atoms with Crippen molar-refractivity contribution >= 4 is 34.4 Å². The molecule has 1 aliphatic heterocycles. The Morgan fingerprint density at radius 1 is 1.09 bits per heavy atom. The molecule has 1 atom stereocenters. The molecule has 0 N–H and O–H groups in total. The van der Waals surface area contributed by atoms with Crippen LogP contribution in [0.25, 0.3) is 17.1 Å². The Bertz CT molecular complexity index is 1750. The number of fused-ring (bicyclic) bond motifs is 2. The highest BCUT2D eigenvalue weighted by molar-refractivity contribution is 7.07. The first-order valence-electron chi connectivity index (χ1n) is 11.2. The van der Waals surface area contributed by atoms with Crippen molar-refractivity contribution in [2.75, 3.05) is 6.61 Å². The van der Waals surface area contributed by atoms with Gasteiger partial charge in [-0.3, -0.25) is 18.5 Å². The van der Waals surface area contributed by atoms with Crippen molar-refractivity contribution < 1.29 is 9.53 Å². The van der Waals surface area contributed by atoms with E-state index in [1.165, 1.54) is 11.3 Å². The topological polar surface area (TPSA) is 87.6 Å². The van der Waals surface area contributed by atoms with E-state index < -0.39 is 12.0 Å². The molecule has 0 aliphatic carbocycles. The van der Waals surface area contributed by atoms with Crippen LogP contribution in [-0.4, -0.2) is 26.3 Å². The van der Waals surface area contributed by atoms with E-state index in [-0.39, 0.29) is 17.9 Å². The van der Waals surface area contributed by atoms with Crippen molar-refractivity contribution in [1.29, 1.82) is 0 Å². The highest BCUT2D eigenvalue weighted by Crippen LogP contribution is 2.30. The number of benzene rings is 2. The number of ether oxygens (including phenoxy) is 1. The summed E-state index contributed by atoms with van der Waals surface area (Å²) in [5.74, 6) is -0.479. The number of carbonyl (C=O) groups excluding carboxylic acids is 1. The third-order valence-corrected chi connectivity index (χ3v) is 7.21. The van der Waals surface area contributed by atoms with Gasteiger partial charge >= 0.3 is 11.7 Å². The first-order valence-corrected chi connectivity index (χ1v) is 12.0. The molecule has 35 heavy (non-hydrogen) atoms. The monoisotopic (exact) mass is 488 g/mol. The molecule has 2 aromatic heterocycles. The Balaban J connectivity index is 1.72. The minimum Gasteiger partial charge on any atom is -0.463 e. The first kappa shape index (κ1) is 22.8. The second-order valence-electron chi connectivity index (χ2n) is 8.36. The van der Waals surface area contributed by atoms with E-state index in [0.717, 1.165) is 22.2 Å². The maximum Gasteiger partial charge on any atom is 0.338 e. The summed E-state index contributed by atoms with van der Waals surface area (Å²) in [5.41, 5.74) is 3.74. The van der Waals surface area contributed by atoms with Crippen LogP contribution in [0.3, 0.4) is 0 Å². The van der Waals surface area contributed by atoms with Gasteiger partial charge in [0.25, 0.3) is 5.56 Å². The van der Waals surface area contributed by atoms with Crippen molar-refractivity contribution in [3.05, 3.63) is 101 Å². The van der Waals surface area contributed by atoms with Crippen molar-refractivity contribution in [1.82, 2.24) is 13.7 Å². The van der Waals surface area contributed by atoms with Gasteiger partial charge in [0.1, 0.15) is 0 Å². The highest BCUT2D eigenvalue weighted by Gasteiger charge is 2.33. The predicted octanol–water partition coefficient (Wildman–Crippen LogP) is 1.99. The maximum absolute atomic E-state index is 13.7. The molecule has 1 aliphatic rings. The van der Waals surface area contributed by atoms with Gasteiger partial charge in [-0.2, -0.15) is 0 Å². The van der Waals surface area contributed by atoms with E-state index >= 15 is 0 Å². The lowest BCUT2D eigenvalue weighted by molar-refractivity contribution is -0.139. The number of thiazole rings is 1. The number of aryl methyl sites for hydroxylation is 2. The summed E-state index contributed by atoms with van der Waals surface area (Å²) >= 11 is 1.27. The summed E-state index contributed by atoms with van der Waals surface area (Å²) in [6.07, 6.45) is 1.80. The minimum absolute atomic E-state index is 0.110. The molecule has 0 unspecified atom stereocenters. The third-order valence-electron chi connectivity index (χ3n) is 6.23. The van der Waals surface area contributed by atoms with E-state index in [0.29, 0.717) is 20.6 Å². The van der Waals surface area contributed by atoms with Gasteiger partial charge in [0.05, 0.1) is 39.5 Å². The SMILES string of the molecule is CCOC(=O)C1=C(C)N=c2s/c(=C/c3ccc4c(c3)n(C)c(=O)n4C)c(=O)n2[C@H]1c1ccccc1. The lowest BCUT2D eigenvalue weighted by Gasteiger charge is -2.24. The van der Waals surface area contributed by atoms with Crippen molar-refractivity contribution in [3.63, 3.8) is 0 Å². The summed E-state index contributed by atoms with van der Waals surface area (Å²) < 4.78 is 10.6. The second-order valence-corrected chi connectivity index (χ2v) is 9.37. The number of esters is 1. The smallest absolute Gasteiger partial charge is 0.338 e. The summed E-state index contributed by atoms with van der Waals surface area (Å²) in [5, 5.41) is 0. The van der Waals surface area contributed by atoms with Crippen LogP contribution in [0.4, 0.5) is 0 Å². The number of aromatic nitrogens is 3. The van der Waals surface area contributed by atoms with Crippen LogP contribution in [0.2, 0.25) is 0 Å². The Morgan fingerprint density at radius 2 is 1.80 bits per heavy atom. The Kier molecular flexibility index (Phi) is 5.64. The van der Waals surface area contributed by atoms with Crippen LogP contribution >= 0.6 is 11.3 Å². The molecule has 0 saturated heterocycles. The molecule has 2 aromatic carbocycles. The molecule has 0 fully saturated rings. The molecule has 178 valence electrons. The molecule has 5 rings (SSSR count). The second kappa shape index (κ2) is 8.66. The number of nitrogens with zero attached hydrogens (tertiary/aromatic N) is 4. The lowest BCUT2D eigenvalue weighted by Crippen LogP contribution is -2.39. The number of rotatable bonds is 4. The quantitative estimate of drug-likeness (QED) is 0.411. The van der Waals surface area contributed by atoms with E-state index in [1.54, 1.807) is 47.7 Å². The van der Waals surface area contributed by atoms with Gasteiger partial charge in [0.15, 0.2) is 4.80 Å². The number of allylic oxidation sites excluding steroid dienone is 1. The van der Waals surface area contributed by atoms with Gasteiger partial charge < -0.3 is 4.74 Å². The van der Waals surface area contributed by atoms with Gasteiger partial charge in [0.2, 0.25) is 0 Å². The molecule has 0 amide bonds. The predicted molar refractivity (Wildman–Crippen MR) is 135 cm³/mol. The normalized spacial score (nSPS) is 15.9. The minimum atomic E-state index is -0.633. The molecule has 0 radical (unpaired) electrons. The van der Waals surface area contributed by atoms with Crippen LogP contribution in [0.5, 0.6) is 0 Å². The fourth-order valence-corrected chi connectivity index (χ4v) is 5.55.